The third-order valence-electron chi connectivity index (χ3n) is 4.79. The zero-order valence-corrected chi connectivity index (χ0v) is 15.6. The lowest BCUT2D eigenvalue weighted by Crippen LogP contribution is -2.42. The van der Waals surface area contributed by atoms with Crippen molar-refractivity contribution in [1.82, 2.24) is 0 Å². The molecule has 3 heteroatoms. The van der Waals surface area contributed by atoms with Crippen molar-refractivity contribution in [3.8, 4) is 0 Å². The number of allylic oxidation sites excluding steroid dienone is 1. The van der Waals surface area contributed by atoms with Crippen LogP contribution in [0.1, 0.15) is 37.5 Å². The minimum absolute atomic E-state index is 0.0167. The number of aryl methyl sites for hydroxylation is 1. The van der Waals surface area contributed by atoms with Gasteiger partial charge in [0.2, 0.25) is 0 Å². The molecule has 0 bridgehead atoms. The number of rotatable bonds is 2. The Hall–Kier alpha value is -2.06. The highest BCUT2D eigenvalue weighted by Gasteiger charge is 2.29. The Morgan fingerprint density at radius 1 is 1.12 bits per heavy atom. The Morgan fingerprint density at radius 2 is 1.83 bits per heavy atom. The van der Waals surface area contributed by atoms with Crippen LogP contribution in [0.25, 0.3) is 5.57 Å². The zero-order chi connectivity index (χ0) is 17.5. The van der Waals surface area contributed by atoms with Gasteiger partial charge in [0.1, 0.15) is 0 Å². The van der Waals surface area contributed by atoms with E-state index in [1.165, 1.54) is 11.1 Å². The number of nitrogens with zero attached hydrogens (tertiary/aromatic N) is 2. The molecule has 2 aromatic rings. The summed E-state index contributed by atoms with van der Waals surface area (Å²) in [7, 11) is 2.11. The number of hydrogen-bond donors (Lipinski definition) is 0. The Bertz CT molecular complexity index is 847. The molecule has 0 aromatic heterocycles. The Balaban J connectivity index is 2.04. The van der Waals surface area contributed by atoms with Crippen LogP contribution < -0.4 is 4.90 Å². The van der Waals surface area contributed by atoms with Gasteiger partial charge in [0.15, 0.2) is 0 Å². The van der Waals surface area contributed by atoms with Crippen molar-refractivity contribution in [3.05, 3.63) is 64.2 Å². The normalized spacial score (nSPS) is 16.2. The first-order chi connectivity index (χ1) is 11.3. The van der Waals surface area contributed by atoms with Crippen molar-refractivity contribution >= 4 is 34.8 Å². The van der Waals surface area contributed by atoms with Crippen molar-refractivity contribution in [2.75, 3.05) is 11.9 Å². The first kappa shape index (κ1) is 16.8. The van der Waals surface area contributed by atoms with Gasteiger partial charge in [-0.15, -0.1) is 0 Å². The van der Waals surface area contributed by atoms with E-state index in [-0.39, 0.29) is 5.54 Å². The second-order valence-electron chi connectivity index (χ2n) is 6.98. The second-order valence-corrected chi connectivity index (χ2v) is 7.38. The van der Waals surface area contributed by atoms with E-state index >= 15 is 0 Å². The fourth-order valence-corrected chi connectivity index (χ4v) is 3.34. The number of fused-ring (bicyclic) bond motifs is 1. The number of para-hydroxylation sites is 1. The van der Waals surface area contributed by atoms with Gasteiger partial charge in [0.05, 0.1) is 16.2 Å². The summed E-state index contributed by atoms with van der Waals surface area (Å²) in [5.74, 6) is 0. The smallest absolute Gasteiger partial charge is 0.0659 e. The van der Waals surface area contributed by atoms with Gasteiger partial charge in [-0.1, -0.05) is 35.9 Å². The summed E-state index contributed by atoms with van der Waals surface area (Å²) < 4.78 is 0. The molecule has 2 aromatic carbocycles. The standard InChI is InChI=1S/C21H23ClN2/c1-14-8-6-7-9-19(14)23-13-16-10-17-15(2)12-21(3,4)24(5)20(17)11-18(16)22/h6-13H,1-5H3. The maximum atomic E-state index is 6.54. The minimum Gasteiger partial charge on any atom is -0.365 e. The van der Waals surface area contributed by atoms with Crippen molar-refractivity contribution < 1.29 is 0 Å². The monoisotopic (exact) mass is 338 g/mol. The van der Waals surface area contributed by atoms with Crippen molar-refractivity contribution in [2.24, 2.45) is 4.99 Å². The highest BCUT2D eigenvalue weighted by atomic mass is 35.5. The summed E-state index contributed by atoms with van der Waals surface area (Å²) in [5.41, 5.74) is 6.70. The molecule has 1 aliphatic rings. The van der Waals surface area contributed by atoms with Gasteiger partial charge >= 0.3 is 0 Å². The Labute approximate surface area is 149 Å². The molecular formula is C21H23ClN2. The number of halogens is 1. The summed E-state index contributed by atoms with van der Waals surface area (Å²) in [5, 5.41) is 0.725. The molecule has 0 amide bonds. The molecule has 0 fully saturated rings. The predicted molar refractivity (Wildman–Crippen MR) is 106 cm³/mol. The van der Waals surface area contributed by atoms with Crippen LogP contribution in [0.3, 0.4) is 0 Å². The molecule has 0 radical (unpaired) electrons. The molecule has 3 rings (SSSR count). The van der Waals surface area contributed by atoms with Gasteiger partial charge in [0, 0.05) is 30.1 Å². The van der Waals surface area contributed by atoms with Gasteiger partial charge in [0.25, 0.3) is 0 Å². The number of likely N-dealkylation sites (N-methyl/N-ethyl adjacent to an activating group) is 1. The van der Waals surface area contributed by atoms with Gasteiger partial charge in [-0.2, -0.15) is 0 Å². The Kier molecular flexibility index (Phi) is 4.27. The number of benzene rings is 2. The fraction of sp³-hybridized carbons (Fsp3) is 0.286. The van der Waals surface area contributed by atoms with Crippen molar-refractivity contribution in [2.45, 2.75) is 33.2 Å². The molecule has 1 heterocycles. The molecule has 0 atom stereocenters. The lowest BCUT2D eigenvalue weighted by molar-refractivity contribution is 0.598. The molecule has 0 aliphatic carbocycles. The van der Waals surface area contributed by atoms with E-state index in [0.717, 1.165) is 27.5 Å². The van der Waals surface area contributed by atoms with Gasteiger partial charge in [-0.05, 0) is 57.0 Å². The van der Waals surface area contributed by atoms with Crippen LogP contribution in [0.4, 0.5) is 11.4 Å². The average Bonchev–Trinajstić information content (AvgIpc) is 2.52. The van der Waals surface area contributed by atoms with E-state index in [0.29, 0.717) is 0 Å². The van der Waals surface area contributed by atoms with Crippen LogP contribution >= 0.6 is 11.6 Å². The molecule has 1 aliphatic heterocycles. The summed E-state index contributed by atoms with van der Waals surface area (Å²) in [6.45, 7) is 8.64. The van der Waals surface area contributed by atoms with Crippen LogP contribution in [0.5, 0.6) is 0 Å². The molecule has 24 heavy (non-hydrogen) atoms. The SMILES string of the molecule is CC1=CC(C)(C)N(C)c2cc(Cl)c(C=Nc3ccccc3C)cc21. The van der Waals surface area contributed by atoms with E-state index in [1.807, 2.05) is 30.5 Å². The average molecular weight is 339 g/mol. The van der Waals surface area contributed by atoms with E-state index in [4.69, 9.17) is 11.6 Å². The highest BCUT2D eigenvalue weighted by molar-refractivity contribution is 6.33. The number of aliphatic imine (C=N–C) groups is 1. The maximum Gasteiger partial charge on any atom is 0.0659 e. The molecular weight excluding hydrogens is 316 g/mol. The zero-order valence-electron chi connectivity index (χ0n) is 14.9. The van der Waals surface area contributed by atoms with Crippen molar-refractivity contribution in [3.63, 3.8) is 0 Å². The number of anilines is 1. The predicted octanol–water partition coefficient (Wildman–Crippen LogP) is 6.03. The molecule has 0 unspecified atom stereocenters. The molecule has 2 nitrogen and oxygen atoms in total. The topological polar surface area (TPSA) is 15.6 Å². The number of hydrogen-bond acceptors (Lipinski definition) is 2. The van der Waals surface area contributed by atoms with Gasteiger partial charge < -0.3 is 4.90 Å². The highest BCUT2D eigenvalue weighted by Crippen LogP contribution is 2.40. The third kappa shape index (κ3) is 2.99. The molecule has 124 valence electrons. The van der Waals surface area contributed by atoms with Gasteiger partial charge in [-0.3, -0.25) is 4.99 Å². The fourth-order valence-electron chi connectivity index (χ4n) is 3.13. The van der Waals surface area contributed by atoms with Crippen LogP contribution in [-0.2, 0) is 0 Å². The van der Waals surface area contributed by atoms with Crippen LogP contribution in [0.15, 0.2) is 47.5 Å². The lowest BCUT2D eigenvalue weighted by Gasteiger charge is -2.40. The van der Waals surface area contributed by atoms with Crippen molar-refractivity contribution in [1.29, 1.82) is 0 Å². The minimum atomic E-state index is -0.0167. The summed E-state index contributed by atoms with van der Waals surface area (Å²) in [6.07, 6.45) is 4.16. The maximum absolute atomic E-state index is 6.54. The quantitative estimate of drug-likeness (QED) is 0.610. The molecule has 0 N–H and O–H groups in total. The summed E-state index contributed by atoms with van der Waals surface area (Å²) in [4.78, 5) is 6.88. The molecule has 0 saturated heterocycles. The molecule has 0 spiro atoms. The van der Waals surface area contributed by atoms with Crippen LogP contribution in [-0.4, -0.2) is 18.8 Å². The van der Waals surface area contributed by atoms with E-state index in [9.17, 15) is 0 Å². The van der Waals surface area contributed by atoms with E-state index < -0.39 is 0 Å². The summed E-state index contributed by atoms with van der Waals surface area (Å²) in [6, 6.07) is 12.3. The largest absolute Gasteiger partial charge is 0.365 e. The Morgan fingerprint density at radius 3 is 2.54 bits per heavy atom. The first-order valence-electron chi connectivity index (χ1n) is 8.16. The second kappa shape index (κ2) is 6.10. The van der Waals surface area contributed by atoms with E-state index in [1.54, 1.807) is 0 Å². The van der Waals surface area contributed by atoms with Gasteiger partial charge in [-0.25, -0.2) is 0 Å². The molecule has 0 saturated carbocycles. The van der Waals surface area contributed by atoms with Crippen LogP contribution in [0, 0.1) is 6.92 Å². The van der Waals surface area contributed by atoms with E-state index in [2.05, 4.69) is 62.8 Å². The lowest BCUT2D eigenvalue weighted by atomic mass is 9.88. The third-order valence-corrected chi connectivity index (χ3v) is 5.12. The van der Waals surface area contributed by atoms with Crippen LogP contribution in [0.2, 0.25) is 5.02 Å². The first-order valence-corrected chi connectivity index (χ1v) is 8.54. The summed E-state index contributed by atoms with van der Waals surface area (Å²) >= 11 is 6.54.